The number of aryl methyl sites for hydroxylation is 3. The van der Waals surface area contributed by atoms with E-state index in [0.29, 0.717) is 0 Å². The summed E-state index contributed by atoms with van der Waals surface area (Å²) in [6, 6.07) is 15.3. The standard InChI is InChI=1S/C15H16.C2H6/c1-11-4-7-14(8-5-11)15-9-6-12(2)13(3)10-15;1-2/h4-10H,1-3H3;1-2H3. The van der Waals surface area contributed by atoms with Crippen LogP contribution in [0.4, 0.5) is 0 Å². The molecule has 90 valence electrons. The van der Waals surface area contributed by atoms with E-state index in [1.54, 1.807) is 0 Å². The SMILES string of the molecule is CC.Cc1ccc(-c2ccc(C)c(C)c2)cc1. The van der Waals surface area contributed by atoms with Gasteiger partial charge in [-0.3, -0.25) is 0 Å². The van der Waals surface area contributed by atoms with Crippen LogP contribution in [-0.2, 0) is 0 Å². The predicted octanol–water partition coefficient (Wildman–Crippen LogP) is 5.31. The van der Waals surface area contributed by atoms with Gasteiger partial charge in [0.15, 0.2) is 0 Å². The molecule has 0 unspecified atom stereocenters. The molecule has 2 rings (SSSR count). The molecule has 0 amide bonds. The van der Waals surface area contributed by atoms with Crippen molar-refractivity contribution < 1.29 is 0 Å². The zero-order valence-corrected chi connectivity index (χ0v) is 11.5. The number of benzene rings is 2. The fourth-order valence-corrected chi connectivity index (χ4v) is 1.67. The Morgan fingerprint density at radius 1 is 0.588 bits per heavy atom. The van der Waals surface area contributed by atoms with Gasteiger partial charge in [0.1, 0.15) is 0 Å². The summed E-state index contributed by atoms with van der Waals surface area (Å²) >= 11 is 0. The second-order valence-corrected chi connectivity index (χ2v) is 4.17. The predicted molar refractivity (Wildman–Crippen MR) is 77.4 cm³/mol. The minimum absolute atomic E-state index is 1.30. The third-order valence-corrected chi connectivity index (χ3v) is 2.89. The molecule has 0 nitrogen and oxygen atoms in total. The summed E-state index contributed by atoms with van der Waals surface area (Å²) in [4.78, 5) is 0. The van der Waals surface area contributed by atoms with Crippen LogP contribution in [-0.4, -0.2) is 0 Å². The smallest absolute Gasteiger partial charge is 0.0181 e. The molecule has 0 spiro atoms. The van der Waals surface area contributed by atoms with E-state index in [1.807, 2.05) is 13.8 Å². The first-order valence-corrected chi connectivity index (χ1v) is 6.31. The average Bonchev–Trinajstić information content (AvgIpc) is 2.36. The second-order valence-electron chi connectivity index (χ2n) is 4.17. The Bertz CT molecular complexity index is 464. The molecule has 0 saturated heterocycles. The maximum absolute atomic E-state index is 2.25. The minimum atomic E-state index is 1.30. The maximum atomic E-state index is 2.25. The summed E-state index contributed by atoms with van der Waals surface area (Å²) in [7, 11) is 0. The van der Waals surface area contributed by atoms with E-state index in [9.17, 15) is 0 Å². The molecule has 0 heteroatoms. The average molecular weight is 226 g/mol. The first-order chi connectivity index (χ1) is 8.16. The van der Waals surface area contributed by atoms with Crippen molar-refractivity contribution in [2.75, 3.05) is 0 Å². The summed E-state index contributed by atoms with van der Waals surface area (Å²) in [5.41, 5.74) is 6.61. The van der Waals surface area contributed by atoms with Crippen molar-refractivity contribution in [3.05, 3.63) is 59.2 Å². The molecule has 0 aliphatic heterocycles. The van der Waals surface area contributed by atoms with Gasteiger partial charge in [0, 0.05) is 0 Å². The highest BCUT2D eigenvalue weighted by Gasteiger charge is 1.98. The zero-order valence-electron chi connectivity index (χ0n) is 11.5. The number of hydrogen-bond acceptors (Lipinski definition) is 0. The molecule has 2 aromatic rings. The fourth-order valence-electron chi connectivity index (χ4n) is 1.67. The first kappa shape index (κ1) is 13.5. The molecule has 0 aliphatic rings. The van der Waals surface area contributed by atoms with Crippen LogP contribution in [0.1, 0.15) is 30.5 Å². The summed E-state index contributed by atoms with van der Waals surface area (Å²) < 4.78 is 0. The molecular weight excluding hydrogens is 204 g/mol. The lowest BCUT2D eigenvalue weighted by atomic mass is 10.00. The lowest BCUT2D eigenvalue weighted by Crippen LogP contribution is -1.83. The van der Waals surface area contributed by atoms with Crippen molar-refractivity contribution in [2.45, 2.75) is 34.6 Å². The Kier molecular flexibility index (Phi) is 4.96. The summed E-state index contributed by atoms with van der Waals surface area (Å²) in [5, 5.41) is 0. The largest absolute Gasteiger partial charge is 0.0683 e. The molecule has 0 radical (unpaired) electrons. The van der Waals surface area contributed by atoms with E-state index < -0.39 is 0 Å². The first-order valence-electron chi connectivity index (χ1n) is 6.31. The molecule has 0 aromatic heterocycles. The van der Waals surface area contributed by atoms with Gasteiger partial charge in [-0.15, -0.1) is 0 Å². The van der Waals surface area contributed by atoms with Gasteiger partial charge >= 0.3 is 0 Å². The van der Waals surface area contributed by atoms with Crippen molar-refractivity contribution in [2.24, 2.45) is 0 Å². The van der Waals surface area contributed by atoms with Crippen LogP contribution in [0.25, 0.3) is 11.1 Å². The van der Waals surface area contributed by atoms with Gasteiger partial charge in [0.25, 0.3) is 0 Å². The third-order valence-electron chi connectivity index (χ3n) is 2.89. The number of hydrogen-bond donors (Lipinski definition) is 0. The van der Waals surface area contributed by atoms with Crippen LogP contribution >= 0.6 is 0 Å². The summed E-state index contributed by atoms with van der Waals surface area (Å²) in [5.74, 6) is 0. The van der Waals surface area contributed by atoms with E-state index in [1.165, 1.54) is 27.8 Å². The van der Waals surface area contributed by atoms with Gasteiger partial charge < -0.3 is 0 Å². The van der Waals surface area contributed by atoms with E-state index in [2.05, 4.69) is 63.2 Å². The van der Waals surface area contributed by atoms with E-state index >= 15 is 0 Å². The highest BCUT2D eigenvalue weighted by molar-refractivity contribution is 5.65. The van der Waals surface area contributed by atoms with Crippen molar-refractivity contribution >= 4 is 0 Å². The zero-order chi connectivity index (χ0) is 12.8. The highest BCUT2D eigenvalue weighted by atomic mass is 14.0. The Morgan fingerprint density at radius 3 is 1.65 bits per heavy atom. The van der Waals surface area contributed by atoms with Crippen LogP contribution in [0.2, 0.25) is 0 Å². The van der Waals surface area contributed by atoms with Crippen LogP contribution in [0.5, 0.6) is 0 Å². The summed E-state index contributed by atoms with van der Waals surface area (Å²) in [6.45, 7) is 10.4. The van der Waals surface area contributed by atoms with Gasteiger partial charge in [-0.25, -0.2) is 0 Å². The molecule has 0 N–H and O–H groups in total. The van der Waals surface area contributed by atoms with Gasteiger partial charge in [-0.2, -0.15) is 0 Å². The molecule has 0 bridgehead atoms. The monoisotopic (exact) mass is 226 g/mol. The fraction of sp³-hybridized carbons (Fsp3) is 0.294. The second kappa shape index (κ2) is 6.24. The van der Waals surface area contributed by atoms with Crippen LogP contribution < -0.4 is 0 Å². The topological polar surface area (TPSA) is 0 Å². The van der Waals surface area contributed by atoms with Crippen molar-refractivity contribution in [1.29, 1.82) is 0 Å². The van der Waals surface area contributed by atoms with Gasteiger partial charge in [0.2, 0.25) is 0 Å². The van der Waals surface area contributed by atoms with Crippen molar-refractivity contribution in [3.63, 3.8) is 0 Å². The molecule has 0 fully saturated rings. The molecule has 0 saturated carbocycles. The normalized spacial score (nSPS) is 9.47. The van der Waals surface area contributed by atoms with Gasteiger partial charge in [-0.1, -0.05) is 61.9 Å². The van der Waals surface area contributed by atoms with Crippen LogP contribution in [0.3, 0.4) is 0 Å². The van der Waals surface area contributed by atoms with Gasteiger partial charge in [0.05, 0.1) is 0 Å². The van der Waals surface area contributed by atoms with E-state index in [4.69, 9.17) is 0 Å². The minimum Gasteiger partial charge on any atom is -0.0683 e. The van der Waals surface area contributed by atoms with Crippen LogP contribution in [0.15, 0.2) is 42.5 Å². The summed E-state index contributed by atoms with van der Waals surface area (Å²) in [6.07, 6.45) is 0. The van der Waals surface area contributed by atoms with Gasteiger partial charge in [-0.05, 0) is 43.0 Å². The van der Waals surface area contributed by atoms with E-state index in [-0.39, 0.29) is 0 Å². The van der Waals surface area contributed by atoms with E-state index in [0.717, 1.165) is 0 Å². The molecule has 0 aliphatic carbocycles. The number of rotatable bonds is 1. The lowest BCUT2D eigenvalue weighted by molar-refractivity contribution is 1.34. The third kappa shape index (κ3) is 3.45. The Morgan fingerprint density at radius 2 is 1.12 bits per heavy atom. The Balaban J connectivity index is 0.000000686. The van der Waals surface area contributed by atoms with Crippen LogP contribution in [0, 0.1) is 20.8 Å². The molecular formula is C17H22. The highest BCUT2D eigenvalue weighted by Crippen LogP contribution is 2.22. The Hall–Kier alpha value is -1.56. The lowest BCUT2D eigenvalue weighted by Gasteiger charge is -2.05. The quantitative estimate of drug-likeness (QED) is 0.618. The Labute approximate surface area is 105 Å². The van der Waals surface area contributed by atoms with Crippen molar-refractivity contribution in [1.82, 2.24) is 0 Å². The molecule has 2 aromatic carbocycles. The van der Waals surface area contributed by atoms with Crippen molar-refractivity contribution in [3.8, 4) is 11.1 Å². The molecule has 0 atom stereocenters. The molecule has 0 heterocycles. The maximum Gasteiger partial charge on any atom is -0.0181 e. The molecule has 17 heavy (non-hydrogen) atoms.